The molecule has 1 aliphatic carbocycles. The summed E-state index contributed by atoms with van der Waals surface area (Å²) in [5, 5.41) is 17.0. The van der Waals surface area contributed by atoms with E-state index in [0.717, 1.165) is 25.7 Å². The van der Waals surface area contributed by atoms with Crippen molar-refractivity contribution in [2.75, 3.05) is 25.4 Å². The smallest absolute Gasteiger partial charge is 0.191 e. The maximum atomic E-state index is 12.9. The van der Waals surface area contributed by atoms with Gasteiger partial charge in [-0.05, 0) is 50.5 Å². The Morgan fingerprint density at radius 3 is 2.79 bits per heavy atom. The number of guanidine groups is 1. The largest absolute Gasteiger partial charge is 0.491 e. The normalized spacial score (nSPS) is 22.4. The number of aliphatic imine (C=N–C) groups is 1. The quantitative estimate of drug-likeness (QED) is 0.427. The Bertz CT molecular complexity index is 642. The van der Waals surface area contributed by atoms with Crippen molar-refractivity contribution in [1.82, 2.24) is 10.6 Å². The first kappa shape index (κ1) is 22.6. The highest BCUT2D eigenvalue weighted by atomic mass is 32.2. The van der Waals surface area contributed by atoms with Crippen molar-refractivity contribution in [2.24, 2.45) is 4.99 Å². The molecule has 0 heterocycles. The van der Waals surface area contributed by atoms with E-state index in [1.807, 2.05) is 13.8 Å². The van der Waals surface area contributed by atoms with Gasteiger partial charge in [0.15, 0.2) is 5.96 Å². The fourth-order valence-corrected chi connectivity index (χ4v) is 4.58. The minimum atomic E-state index is -0.771. The number of hydrogen-bond donors (Lipinski definition) is 3. The van der Waals surface area contributed by atoms with E-state index in [2.05, 4.69) is 15.6 Å². The van der Waals surface area contributed by atoms with Crippen LogP contribution in [-0.4, -0.2) is 58.1 Å². The minimum Gasteiger partial charge on any atom is -0.491 e. The van der Waals surface area contributed by atoms with Crippen molar-refractivity contribution in [3.8, 4) is 5.75 Å². The first-order chi connectivity index (χ1) is 13.5. The van der Waals surface area contributed by atoms with E-state index in [4.69, 9.17) is 4.74 Å². The zero-order valence-electron chi connectivity index (χ0n) is 16.7. The Labute approximate surface area is 169 Å². The molecule has 0 aromatic heterocycles. The van der Waals surface area contributed by atoms with Crippen LogP contribution in [0.4, 0.5) is 4.39 Å². The summed E-state index contributed by atoms with van der Waals surface area (Å²) < 4.78 is 30.5. The van der Waals surface area contributed by atoms with Crippen LogP contribution >= 0.6 is 0 Å². The molecular weight excluding hydrogens is 381 g/mol. The summed E-state index contributed by atoms with van der Waals surface area (Å²) >= 11 is 0. The molecule has 3 N–H and O–H groups in total. The van der Waals surface area contributed by atoms with E-state index in [-0.39, 0.29) is 30.3 Å². The van der Waals surface area contributed by atoms with Crippen LogP contribution in [0.15, 0.2) is 29.3 Å². The Morgan fingerprint density at radius 1 is 1.36 bits per heavy atom. The third kappa shape index (κ3) is 7.75. The molecule has 1 fully saturated rings. The molecule has 0 saturated heterocycles. The maximum Gasteiger partial charge on any atom is 0.191 e. The molecule has 0 bridgehead atoms. The zero-order valence-corrected chi connectivity index (χ0v) is 17.5. The summed E-state index contributed by atoms with van der Waals surface area (Å²) in [4.78, 5) is 4.45. The van der Waals surface area contributed by atoms with Gasteiger partial charge < -0.3 is 20.5 Å². The monoisotopic (exact) mass is 413 g/mol. The van der Waals surface area contributed by atoms with E-state index in [1.54, 1.807) is 0 Å². The topological polar surface area (TPSA) is 83.0 Å². The van der Waals surface area contributed by atoms with Crippen molar-refractivity contribution < 1.29 is 18.4 Å². The van der Waals surface area contributed by atoms with E-state index < -0.39 is 16.9 Å². The number of rotatable bonds is 9. The highest BCUT2D eigenvalue weighted by molar-refractivity contribution is 7.85. The average Bonchev–Trinajstić information content (AvgIpc) is 2.71. The van der Waals surface area contributed by atoms with Crippen molar-refractivity contribution in [3.05, 3.63) is 30.1 Å². The molecule has 1 aliphatic rings. The molecule has 4 unspecified atom stereocenters. The molecule has 28 heavy (non-hydrogen) atoms. The van der Waals surface area contributed by atoms with Gasteiger partial charge in [-0.3, -0.25) is 9.20 Å². The van der Waals surface area contributed by atoms with Crippen molar-refractivity contribution in [3.63, 3.8) is 0 Å². The van der Waals surface area contributed by atoms with Crippen LogP contribution < -0.4 is 15.4 Å². The van der Waals surface area contributed by atoms with Crippen LogP contribution in [0.2, 0.25) is 0 Å². The summed E-state index contributed by atoms with van der Waals surface area (Å²) in [7, 11) is -0.767. The lowest BCUT2D eigenvalue weighted by Crippen LogP contribution is -2.47. The number of aliphatic hydroxyl groups excluding tert-OH is 1. The predicted molar refractivity (Wildman–Crippen MR) is 112 cm³/mol. The third-order valence-corrected chi connectivity index (χ3v) is 6.42. The molecule has 0 spiro atoms. The van der Waals surface area contributed by atoms with Gasteiger partial charge in [-0.1, -0.05) is 13.3 Å². The highest BCUT2D eigenvalue weighted by Crippen LogP contribution is 2.23. The minimum absolute atomic E-state index is 0.0789. The van der Waals surface area contributed by atoms with Crippen LogP contribution in [0, 0.1) is 5.82 Å². The first-order valence-corrected chi connectivity index (χ1v) is 11.4. The number of nitrogens with zero attached hydrogens (tertiary/aromatic N) is 1. The lowest BCUT2D eigenvalue weighted by Gasteiger charge is -2.30. The standard InChI is InChI=1S/C20H32FN3O3S/c1-3-22-20(24-16-6-5-7-19(12-16)28(26)4-2)23-13-17(25)14-27-18-10-8-15(21)9-11-18/h8-11,16-17,19,25H,3-7,12-14H2,1-2H3,(H2,22,23,24). The second-order valence-corrected chi connectivity index (χ2v) is 8.94. The summed E-state index contributed by atoms with van der Waals surface area (Å²) in [6.45, 7) is 4.93. The fraction of sp³-hybridized carbons (Fsp3) is 0.650. The van der Waals surface area contributed by atoms with Gasteiger partial charge in [-0.15, -0.1) is 0 Å². The Kier molecular flexibility index (Phi) is 9.70. The van der Waals surface area contributed by atoms with Gasteiger partial charge in [0.25, 0.3) is 0 Å². The van der Waals surface area contributed by atoms with E-state index in [1.165, 1.54) is 24.3 Å². The molecule has 1 aromatic rings. The fourth-order valence-electron chi connectivity index (χ4n) is 3.24. The Balaban J connectivity index is 1.83. The second kappa shape index (κ2) is 12.0. The molecule has 2 rings (SSSR count). The van der Waals surface area contributed by atoms with Gasteiger partial charge in [0.1, 0.15) is 24.3 Å². The number of benzene rings is 1. The number of aliphatic hydroxyl groups is 1. The summed E-state index contributed by atoms with van der Waals surface area (Å²) in [5.74, 6) is 1.53. The molecule has 8 heteroatoms. The molecule has 0 amide bonds. The van der Waals surface area contributed by atoms with Crippen molar-refractivity contribution in [1.29, 1.82) is 0 Å². The number of halogens is 1. The first-order valence-electron chi connectivity index (χ1n) is 10.00. The van der Waals surface area contributed by atoms with Crippen molar-refractivity contribution >= 4 is 16.8 Å². The van der Waals surface area contributed by atoms with E-state index >= 15 is 0 Å². The van der Waals surface area contributed by atoms with Crippen LogP contribution in [-0.2, 0) is 10.8 Å². The molecule has 1 aromatic carbocycles. The molecule has 1 saturated carbocycles. The van der Waals surface area contributed by atoms with Crippen LogP contribution in [0.1, 0.15) is 39.5 Å². The van der Waals surface area contributed by atoms with E-state index in [0.29, 0.717) is 24.0 Å². The van der Waals surface area contributed by atoms with Crippen LogP contribution in [0.5, 0.6) is 5.75 Å². The zero-order chi connectivity index (χ0) is 20.4. The van der Waals surface area contributed by atoms with Gasteiger partial charge in [0, 0.05) is 34.4 Å². The molecule has 158 valence electrons. The molecule has 6 nitrogen and oxygen atoms in total. The lowest BCUT2D eigenvalue weighted by molar-refractivity contribution is 0.114. The summed E-state index contributed by atoms with van der Waals surface area (Å²) in [5.41, 5.74) is 0. The maximum absolute atomic E-state index is 12.9. The van der Waals surface area contributed by atoms with Crippen LogP contribution in [0.25, 0.3) is 0 Å². The molecule has 0 aliphatic heterocycles. The van der Waals surface area contributed by atoms with Gasteiger partial charge in [0.05, 0.1) is 6.54 Å². The molecular formula is C20H32FN3O3S. The highest BCUT2D eigenvalue weighted by Gasteiger charge is 2.26. The summed E-state index contributed by atoms with van der Waals surface area (Å²) in [6.07, 6.45) is 3.21. The van der Waals surface area contributed by atoms with E-state index in [9.17, 15) is 13.7 Å². The lowest BCUT2D eigenvalue weighted by atomic mass is 9.95. The third-order valence-electron chi connectivity index (χ3n) is 4.68. The SMILES string of the molecule is CCNC(=NCC(O)COc1ccc(F)cc1)NC1CCCC(S(=O)CC)C1. The Morgan fingerprint density at radius 2 is 2.11 bits per heavy atom. The predicted octanol–water partition coefficient (Wildman–Crippen LogP) is 2.20. The number of nitrogens with one attached hydrogen (secondary N) is 2. The summed E-state index contributed by atoms with van der Waals surface area (Å²) in [6, 6.07) is 5.92. The van der Waals surface area contributed by atoms with Crippen molar-refractivity contribution in [2.45, 2.75) is 56.9 Å². The van der Waals surface area contributed by atoms with Gasteiger partial charge >= 0.3 is 0 Å². The van der Waals surface area contributed by atoms with Gasteiger partial charge in [-0.25, -0.2) is 4.39 Å². The molecule has 4 atom stereocenters. The van der Waals surface area contributed by atoms with Crippen LogP contribution in [0.3, 0.4) is 0 Å². The van der Waals surface area contributed by atoms with Gasteiger partial charge in [0.2, 0.25) is 0 Å². The second-order valence-electron chi connectivity index (χ2n) is 6.94. The van der Waals surface area contributed by atoms with Gasteiger partial charge in [-0.2, -0.15) is 0 Å². The average molecular weight is 414 g/mol. The molecule has 0 radical (unpaired) electrons. The Hall–Kier alpha value is -1.67. The number of ether oxygens (including phenoxy) is 1. The number of hydrogen-bond acceptors (Lipinski definition) is 4.